The van der Waals surface area contributed by atoms with E-state index in [1.165, 1.54) is 24.9 Å². The number of anilines is 1. The molecule has 0 heterocycles. The summed E-state index contributed by atoms with van der Waals surface area (Å²) >= 11 is 0. The summed E-state index contributed by atoms with van der Waals surface area (Å²) in [6.45, 7) is 5.91. The van der Waals surface area contributed by atoms with Gasteiger partial charge >= 0.3 is 0 Å². The summed E-state index contributed by atoms with van der Waals surface area (Å²) in [5, 5.41) is 3.65. The van der Waals surface area contributed by atoms with Gasteiger partial charge < -0.3 is 14.8 Å². The molecule has 1 fully saturated rings. The van der Waals surface area contributed by atoms with Gasteiger partial charge in [0.05, 0.1) is 6.61 Å². The fourth-order valence-electron chi connectivity index (χ4n) is 2.69. The molecule has 2 rings (SSSR count). The summed E-state index contributed by atoms with van der Waals surface area (Å²) in [5.41, 5.74) is 1.58. The van der Waals surface area contributed by atoms with E-state index in [4.69, 9.17) is 9.47 Å². The number of methoxy groups -OCH3 is 1. The van der Waals surface area contributed by atoms with Crippen molar-refractivity contribution in [2.45, 2.75) is 39.2 Å². The van der Waals surface area contributed by atoms with Crippen LogP contribution in [0.1, 0.15) is 33.1 Å². The maximum atomic E-state index is 5.56. The minimum Gasteiger partial charge on any atom is -0.491 e. The highest BCUT2D eigenvalue weighted by Crippen LogP contribution is 2.39. The smallest absolute Gasteiger partial charge is 0.119 e. The molecular formula is C16H25NO2. The molecule has 1 saturated carbocycles. The third-order valence-electron chi connectivity index (χ3n) is 4.01. The summed E-state index contributed by atoms with van der Waals surface area (Å²) in [6, 6.07) is 8.79. The summed E-state index contributed by atoms with van der Waals surface area (Å²) in [6.07, 6.45) is 3.89. The number of nitrogens with one attached hydrogen (secondary N) is 1. The molecule has 1 N–H and O–H groups in total. The zero-order valence-electron chi connectivity index (χ0n) is 12.2. The van der Waals surface area contributed by atoms with E-state index >= 15 is 0 Å². The van der Waals surface area contributed by atoms with Gasteiger partial charge in [-0.2, -0.15) is 0 Å². The number of hydrogen-bond acceptors (Lipinski definition) is 3. The molecule has 0 radical (unpaired) electrons. The number of hydrogen-bond donors (Lipinski definition) is 1. The molecule has 0 saturated heterocycles. The molecule has 0 spiro atoms. The van der Waals surface area contributed by atoms with Crippen LogP contribution >= 0.6 is 0 Å². The molecule has 1 aliphatic rings. The van der Waals surface area contributed by atoms with Crippen LogP contribution in [0, 0.1) is 5.41 Å². The fourth-order valence-corrected chi connectivity index (χ4v) is 2.69. The van der Waals surface area contributed by atoms with Crippen molar-refractivity contribution in [1.82, 2.24) is 0 Å². The Balaban J connectivity index is 1.88. The predicted molar refractivity (Wildman–Crippen MR) is 78.9 cm³/mol. The highest BCUT2D eigenvalue weighted by atomic mass is 16.5. The van der Waals surface area contributed by atoms with Crippen LogP contribution in [0.5, 0.6) is 5.75 Å². The summed E-state index contributed by atoms with van der Waals surface area (Å²) in [7, 11) is 1.68. The molecule has 19 heavy (non-hydrogen) atoms. The van der Waals surface area contributed by atoms with Gasteiger partial charge in [0, 0.05) is 18.8 Å². The van der Waals surface area contributed by atoms with Crippen molar-refractivity contribution in [2.24, 2.45) is 5.41 Å². The third kappa shape index (κ3) is 3.87. The van der Waals surface area contributed by atoms with Gasteiger partial charge in [0.25, 0.3) is 0 Å². The van der Waals surface area contributed by atoms with E-state index in [2.05, 4.69) is 31.3 Å². The van der Waals surface area contributed by atoms with Crippen LogP contribution in [-0.2, 0) is 4.74 Å². The molecule has 3 nitrogen and oxygen atoms in total. The number of ether oxygens (including phenoxy) is 2. The first-order chi connectivity index (χ1) is 9.12. The lowest BCUT2D eigenvalue weighted by Gasteiger charge is -2.28. The Kier molecular flexibility index (Phi) is 4.70. The minimum absolute atomic E-state index is 0.396. The third-order valence-corrected chi connectivity index (χ3v) is 4.01. The Labute approximate surface area is 116 Å². The Morgan fingerprint density at radius 2 is 1.95 bits per heavy atom. The first kappa shape index (κ1) is 14.2. The minimum atomic E-state index is 0.396. The highest BCUT2D eigenvalue weighted by Gasteiger charge is 2.34. The van der Waals surface area contributed by atoms with Crippen LogP contribution in [-0.4, -0.2) is 26.4 Å². The average Bonchev–Trinajstić information content (AvgIpc) is 2.71. The lowest BCUT2D eigenvalue weighted by Crippen LogP contribution is -2.30. The average molecular weight is 263 g/mol. The zero-order valence-corrected chi connectivity index (χ0v) is 12.2. The van der Waals surface area contributed by atoms with E-state index in [1.54, 1.807) is 7.11 Å². The highest BCUT2D eigenvalue weighted by molar-refractivity contribution is 5.47. The summed E-state index contributed by atoms with van der Waals surface area (Å²) < 4.78 is 10.5. The van der Waals surface area contributed by atoms with Gasteiger partial charge in [-0.15, -0.1) is 0 Å². The van der Waals surface area contributed by atoms with Gasteiger partial charge in [-0.1, -0.05) is 20.3 Å². The van der Waals surface area contributed by atoms with Crippen molar-refractivity contribution in [3.05, 3.63) is 24.3 Å². The van der Waals surface area contributed by atoms with E-state index in [9.17, 15) is 0 Å². The maximum Gasteiger partial charge on any atom is 0.119 e. The SMILES string of the molecule is COCCOc1ccc(NC2CCCC2(C)C)cc1. The van der Waals surface area contributed by atoms with E-state index in [0.29, 0.717) is 24.7 Å². The molecule has 1 aromatic carbocycles. The first-order valence-corrected chi connectivity index (χ1v) is 7.10. The molecule has 1 atom stereocenters. The van der Waals surface area contributed by atoms with Crippen LogP contribution in [0.15, 0.2) is 24.3 Å². The molecule has 3 heteroatoms. The molecule has 1 aromatic rings. The van der Waals surface area contributed by atoms with Crippen molar-refractivity contribution in [1.29, 1.82) is 0 Å². The zero-order chi connectivity index (χ0) is 13.7. The topological polar surface area (TPSA) is 30.5 Å². The van der Waals surface area contributed by atoms with Gasteiger partial charge in [-0.25, -0.2) is 0 Å². The van der Waals surface area contributed by atoms with Gasteiger partial charge in [0.1, 0.15) is 12.4 Å². The Bertz CT molecular complexity index is 386. The van der Waals surface area contributed by atoms with Crippen LogP contribution in [0.4, 0.5) is 5.69 Å². The molecule has 1 aliphatic carbocycles. The van der Waals surface area contributed by atoms with Gasteiger partial charge in [-0.05, 0) is 42.5 Å². The van der Waals surface area contributed by atoms with Crippen LogP contribution < -0.4 is 10.1 Å². The van der Waals surface area contributed by atoms with Gasteiger partial charge in [0.15, 0.2) is 0 Å². The second-order valence-electron chi connectivity index (χ2n) is 5.94. The van der Waals surface area contributed by atoms with Crippen molar-refractivity contribution in [3.8, 4) is 5.75 Å². The predicted octanol–water partition coefficient (Wildman–Crippen LogP) is 3.70. The molecule has 0 aromatic heterocycles. The Morgan fingerprint density at radius 1 is 1.21 bits per heavy atom. The van der Waals surface area contributed by atoms with Crippen molar-refractivity contribution in [2.75, 3.05) is 25.6 Å². The summed E-state index contributed by atoms with van der Waals surface area (Å²) in [4.78, 5) is 0. The largest absolute Gasteiger partial charge is 0.491 e. The number of benzene rings is 1. The van der Waals surface area contributed by atoms with Crippen LogP contribution in [0.3, 0.4) is 0 Å². The van der Waals surface area contributed by atoms with Crippen molar-refractivity contribution < 1.29 is 9.47 Å². The lowest BCUT2D eigenvalue weighted by atomic mass is 9.87. The van der Waals surface area contributed by atoms with E-state index in [1.807, 2.05) is 12.1 Å². The lowest BCUT2D eigenvalue weighted by molar-refractivity contribution is 0.146. The van der Waals surface area contributed by atoms with Crippen molar-refractivity contribution >= 4 is 5.69 Å². The quantitative estimate of drug-likeness (QED) is 0.794. The van der Waals surface area contributed by atoms with Crippen LogP contribution in [0.2, 0.25) is 0 Å². The van der Waals surface area contributed by atoms with Crippen LogP contribution in [0.25, 0.3) is 0 Å². The van der Waals surface area contributed by atoms with Gasteiger partial charge in [-0.3, -0.25) is 0 Å². The Hall–Kier alpha value is -1.22. The maximum absolute atomic E-state index is 5.56. The number of rotatable bonds is 6. The molecule has 0 bridgehead atoms. The van der Waals surface area contributed by atoms with E-state index < -0.39 is 0 Å². The first-order valence-electron chi connectivity index (χ1n) is 7.10. The molecule has 106 valence electrons. The molecule has 1 unspecified atom stereocenters. The molecule has 0 amide bonds. The Morgan fingerprint density at radius 3 is 2.53 bits per heavy atom. The standard InChI is InChI=1S/C16H25NO2/c1-16(2)10-4-5-15(16)17-13-6-8-14(9-7-13)19-12-11-18-3/h6-9,15,17H,4-5,10-12H2,1-3H3. The normalized spacial score (nSPS) is 21.3. The van der Waals surface area contributed by atoms with E-state index in [0.717, 1.165) is 5.75 Å². The molecule has 0 aliphatic heterocycles. The summed E-state index contributed by atoms with van der Waals surface area (Å²) in [5.74, 6) is 0.897. The fraction of sp³-hybridized carbons (Fsp3) is 0.625. The second kappa shape index (κ2) is 6.29. The molecular weight excluding hydrogens is 238 g/mol. The second-order valence-corrected chi connectivity index (χ2v) is 5.94. The monoisotopic (exact) mass is 263 g/mol. The van der Waals surface area contributed by atoms with E-state index in [-0.39, 0.29) is 0 Å². The van der Waals surface area contributed by atoms with Crippen molar-refractivity contribution in [3.63, 3.8) is 0 Å². The van der Waals surface area contributed by atoms with Gasteiger partial charge in [0.2, 0.25) is 0 Å².